The lowest BCUT2D eigenvalue weighted by Crippen LogP contribution is -2.29. The van der Waals surface area contributed by atoms with E-state index in [1.165, 1.54) is 12.5 Å². The van der Waals surface area contributed by atoms with Gasteiger partial charge >= 0.3 is 11.7 Å². The summed E-state index contributed by atoms with van der Waals surface area (Å²) in [5, 5.41) is 9.26. The zero-order chi connectivity index (χ0) is 15.0. The molecule has 2 aromatic rings. The van der Waals surface area contributed by atoms with Gasteiger partial charge in [0, 0.05) is 6.04 Å². The summed E-state index contributed by atoms with van der Waals surface area (Å²) >= 11 is 0. The highest BCUT2D eigenvalue weighted by atomic mass is 16.4. The average molecular weight is 288 g/mol. The molecule has 0 aliphatic heterocycles. The smallest absolute Gasteiger partial charge is 0.337 e. The molecule has 1 saturated carbocycles. The molecule has 1 fully saturated rings. The average Bonchev–Trinajstić information content (AvgIpc) is 2.82. The Morgan fingerprint density at radius 1 is 1.38 bits per heavy atom. The number of nitrogens with one attached hydrogen (secondary N) is 1. The molecule has 5 heteroatoms. The number of imidazole rings is 1. The standard InChI is InChI=1S/C16H20N2O3/c1-2-10-6-3-4-8-12(10)18-13-9-5-7-11(15(19)20)14(13)17-16(18)21/h5,7,9-10,12H,2-4,6,8H2,1H3,(H,17,21)(H,19,20). The van der Waals surface area contributed by atoms with Gasteiger partial charge in [-0.3, -0.25) is 4.57 Å². The van der Waals surface area contributed by atoms with Crippen molar-refractivity contribution in [2.24, 2.45) is 5.92 Å². The molecule has 0 spiro atoms. The van der Waals surface area contributed by atoms with E-state index >= 15 is 0 Å². The van der Waals surface area contributed by atoms with Gasteiger partial charge in [-0.2, -0.15) is 0 Å². The molecule has 0 radical (unpaired) electrons. The summed E-state index contributed by atoms with van der Waals surface area (Å²) in [6.45, 7) is 2.16. The van der Waals surface area contributed by atoms with Gasteiger partial charge in [0.15, 0.2) is 0 Å². The Morgan fingerprint density at radius 2 is 2.14 bits per heavy atom. The number of aromatic amines is 1. The lowest BCUT2D eigenvalue weighted by molar-refractivity contribution is 0.0699. The van der Waals surface area contributed by atoms with Crippen LogP contribution in [0.25, 0.3) is 11.0 Å². The van der Waals surface area contributed by atoms with E-state index in [1.54, 1.807) is 10.6 Å². The van der Waals surface area contributed by atoms with Gasteiger partial charge in [0.1, 0.15) is 0 Å². The summed E-state index contributed by atoms with van der Waals surface area (Å²) in [5.41, 5.74) is 1.12. The predicted molar refractivity (Wildman–Crippen MR) is 80.8 cm³/mol. The number of hydrogen-bond donors (Lipinski definition) is 2. The quantitative estimate of drug-likeness (QED) is 0.911. The van der Waals surface area contributed by atoms with E-state index in [4.69, 9.17) is 0 Å². The summed E-state index contributed by atoms with van der Waals surface area (Å²) in [4.78, 5) is 26.4. The Bertz CT molecular complexity index is 729. The lowest BCUT2D eigenvalue weighted by Gasteiger charge is -2.31. The van der Waals surface area contributed by atoms with Crippen LogP contribution < -0.4 is 5.69 Å². The first-order chi connectivity index (χ1) is 10.1. The molecule has 0 saturated heterocycles. The molecular weight excluding hydrogens is 268 g/mol. The highest BCUT2D eigenvalue weighted by Gasteiger charge is 2.28. The van der Waals surface area contributed by atoms with Crippen LogP contribution in [-0.2, 0) is 0 Å². The Kier molecular flexibility index (Phi) is 3.57. The molecule has 1 aromatic heterocycles. The Labute approximate surface area is 122 Å². The molecule has 5 nitrogen and oxygen atoms in total. The number of carbonyl (C=O) groups is 1. The first kappa shape index (κ1) is 13.9. The van der Waals surface area contributed by atoms with Crippen LogP contribution in [0, 0.1) is 5.92 Å². The van der Waals surface area contributed by atoms with Gasteiger partial charge < -0.3 is 10.1 Å². The highest BCUT2D eigenvalue weighted by molar-refractivity contribution is 6.00. The van der Waals surface area contributed by atoms with E-state index in [1.807, 2.05) is 6.07 Å². The second-order valence-corrected chi connectivity index (χ2v) is 5.83. The molecule has 0 bridgehead atoms. The summed E-state index contributed by atoms with van der Waals surface area (Å²) in [7, 11) is 0. The number of fused-ring (bicyclic) bond motifs is 1. The number of benzene rings is 1. The molecule has 1 aliphatic rings. The van der Waals surface area contributed by atoms with Gasteiger partial charge in [-0.15, -0.1) is 0 Å². The first-order valence-corrected chi connectivity index (χ1v) is 7.60. The largest absolute Gasteiger partial charge is 0.478 e. The Morgan fingerprint density at radius 3 is 2.86 bits per heavy atom. The van der Waals surface area contributed by atoms with Crippen LogP contribution >= 0.6 is 0 Å². The Hall–Kier alpha value is -2.04. The van der Waals surface area contributed by atoms with Crippen molar-refractivity contribution in [3.8, 4) is 0 Å². The molecule has 0 amide bonds. The van der Waals surface area contributed by atoms with Crippen molar-refractivity contribution in [3.05, 3.63) is 34.2 Å². The second kappa shape index (κ2) is 5.39. The monoisotopic (exact) mass is 288 g/mol. The van der Waals surface area contributed by atoms with Crippen LogP contribution in [0.5, 0.6) is 0 Å². The summed E-state index contributed by atoms with van der Waals surface area (Å²) in [5.74, 6) is -0.520. The van der Waals surface area contributed by atoms with Crippen LogP contribution in [0.1, 0.15) is 55.4 Å². The number of hydrogen-bond acceptors (Lipinski definition) is 2. The first-order valence-electron chi connectivity index (χ1n) is 7.60. The van der Waals surface area contributed by atoms with Gasteiger partial charge in [-0.25, -0.2) is 9.59 Å². The molecule has 1 heterocycles. The predicted octanol–water partition coefficient (Wildman–Crippen LogP) is 3.17. The van der Waals surface area contributed by atoms with Crippen molar-refractivity contribution in [1.29, 1.82) is 0 Å². The third-order valence-electron chi connectivity index (χ3n) is 4.71. The summed E-state index contributed by atoms with van der Waals surface area (Å²) in [6.07, 6.45) is 5.51. The zero-order valence-corrected chi connectivity index (χ0v) is 12.1. The van der Waals surface area contributed by atoms with Gasteiger partial charge in [0.25, 0.3) is 0 Å². The second-order valence-electron chi connectivity index (χ2n) is 5.83. The maximum atomic E-state index is 12.4. The van der Waals surface area contributed by atoms with Gasteiger partial charge in [-0.1, -0.05) is 32.3 Å². The number of nitrogens with zero attached hydrogens (tertiary/aromatic N) is 1. The van der Waals surface area contributed by atoms with Crippen molar-refractivity contribution < 1.29 is 9.90 Å². The minimum atomic E-state index is -1.01. The van der Waals surface area contributed by atoms with Crippen LogP contribution in [0.3, 0.4) is 0 Å². The maximum Gasteiger partial charge on any atom is 0.337 e. The molecule has 1 aromatic carbocycles. The van der Waals surface area contributed by atoms with Crippen LogP contribution in [-0.4, -0.2) is 20.6 Å². The summed E-state index contributed by atoms with van der Waals surface area (Å²) < 4.78 is 1.79. The van der Waals surface area contributed by atoms with Crippen molar-refractivity contribution in [2.45, 2.75) is 45.1 Å². The van der Waals surface area contributed by atoms with Gasteiger partial charge in [0.05, 0.1) is 16.6 Å². The Balaban J connectivity index is 2.19. The number of rotatable bonds is 3. The third-order valence-corrected chi connectivity index (χ3v) is 4.71. The van der Waals surface area contributed by atoms with Crippen LogP contribution in [0.2, 0.25) is 0 Å². The number of aromatic carboxylic acids is 1. The van der Waals surface area contributed by atoms with Crippen molar-refractivity contribution in [1.82, 2.24) is 9.55 Å². The van der Waals surface area contributed by atoms with Gasteiger partial charge in [0.2, 0.25) is 0 Å². The van der Waals surface area contributed by atoms with Crippen LogP contribution in [0.4, 0.5) is 0 Å². The highest BCUT2D eigenvalue weighted by Crippen LogP contribution is 2.36. The van der Waals surface area contributed by atoms with E-state index in [9.17, 15) is 14.7 Å². The molecule has 3 rings (SSSR count). The zero-order valence-electron chi connectivity index (χ0n) is 12.1. The van der Waals surface area contributed by atoms with E-state index in [2.05, 4.69) is 11.9 Å². The number of carboxylic acids is 1. The lowest BCUT2D eigenvalue weighted by atomic mass is 9.82. The topological polar surface area (TPSA) is 75.1 Å². The normalized spacial score (nSPS) is 22.5. The summed E-state index contributed by atoms with van der Waals surface area (Å²) in [6, 6.07) is 5.25. The fraction of sp³-hybridized carbons (Fsp3) is 0.500. The SMILES string of the molecule is CCC1CCCCC1n1c(=O)[nH]c2c(C(=O)O)cccc21. The van der Waals surface area contributed by atoms with Crippen molar-refractivity contribution in [2.75, 3.05) is 0 Å². The van der Waals surface area contributed by atoms with Crippen molar-refractivity contribution in [3.63, 3.8) is 0 Å². The van der Waals surface area contributed by atoms with Crippen LogP contribution in [0.15, 0.2) is 23.0 Å². The molecule has 2 N–H and O–H groups in total. The number of aromatic nitrogens is 2. The minimum absolute atomic E-state index is 0.159. The van der Waals surface area contributed by atoms with Crippen molar-refractivity contribution >= 4 is 17.0 Å². The molecule has 112 valence electrons. The molecule has 2 atom stereocenters. The molecule has 2 unspecified atom stereocenters. The number of H-pyrrole nitrogens is 1. The minimum Gasteiger partial charge on any atom is -0.478 e. The van der Waals surface area contributed by atoms with E-state index in [0.29, 0.717) is 17.0 Å². The fourth-order valence-electron chi connectivity index (χ4n) is 3.66. The van der Waals surface area contributed by atoms with Gasteiger partial charge in [-0.05, 0) is 30.9 Å². The molecular formula is C16H20N2O3. The number of carboxylic acid groups (broad SMARTS) is 1. The number of para-hydroxylation sites is 1. The molecule has 21 heavy (non-hydrogen) atoms. The maximum absolute atomic E-state index is 12.4. The fourth-order valence-corrected chi connectivity index (χ4v) is 3.66. The third kappa shape index (κ3) is 2.26. The van der Waals surface area contributed by atoms with E-state index < -0.39 is 5.97 Å². The van der Waals surface area contributed by atoms with E-state index in [-0.39, 0.29) is 17.3 Å². The molecule has 1 aliphatic carbocycles. The van der Waals surface area contributed by atoms with E-state index in [0.717, 1.165) is 25.7 Å².